The molecule has 110 valence electrons. The van der Waals surface area contributed by atoms with E-state index in [1.54, 1.807) is 0 Å². The Hall–Kier alpha value is -0.650. The maximum atomic E-state index is 11.6. The Balaban J connectivity index is 1.71. The number of carbonyl (C=O) groups excluding carboxylic acids is 1. The van der Waals surface area contributed by atoms with Crippen molar-refractivity contribution in [3.63, 3.8) is 0 Å². The molecule has 0 aliphatic carbocycles. The highest BCUT2D eigenvalue weighted by molar-refractivity contribution is 5.69. The second-order valence-corrected chi connectivity index (χ2v) is 5.37. The number of hydrogen-bond donors (Lipinski definition) is 0. The summed E-state index contributed by atoms with van der Waals surface area (Å²) >= 11 is 0. The van der Waals surface area contributed by atoms with E-state index < -0.39 is 5.79 Å². The van der Waals surface area contributed by atoms with Crippen molar-refractivity contribution in [3.8, 4) is 0 Å². The highest BCUT2D eigenvalue weighted by atomic mass is 16.7. The largest absolute Gasteiger partial charge is 0.466 e. The SMILES string of the molecule is CCCCOC(=O)CCC1(C)OCC2OCCC2O1. The predicted molar refractivity (Wildman–Crippen MR) is 68.7 cm³/mol. The number of esters is 1. The topological polar surface area (TPSA) is 54.0 Å². The van der Waals surface area contributed by atoms with Gasteiger partial charge in [0.05, 0.1) is 25.7 Å². The summed E-state index contributed by atoms with van der Waals surface area (Å²) in [5.41, 5.74) is 0. The molecule has 0 radical (unpaired) electrons. The fourth-order valence-electron chi connectivity index (χ4n) is 2.39. The minimum Gasteiger partial charge on any atom is -0.466 e. The molecule has 3 atom stereocenters. The first-order valence-corrected chi connectivity index (χ1v) is 7.22. The molecule has 3 unspecified atom stereocenters. The van der Waals surface area contributed by atoms with Gasteiger partial charge < -0.3 is 18.9 Å². The van der Waals surface area contributed by atoms with E-state index in [9.17, 15) is 4.79 Å². The molecule has 2 rings (SSSR count). The summed E-state index contributed by atoms with van der Waals surface area (Å²) in [6.07, 6.45) is 3.88. The van der Waals surface area contributed by atoms with E-state index in [-0.39, 0.29) is 18.2 Å². The molecule has 2 saturated heterocycles. The van der Waals surface area contributed by atoms with Crippen LogP contribution in [0.1, 0.15) is 46.0 Å². The van der Waals surface area contributed by atoms with Crippen molar-refractivity contribution in [2.45, 2.75) is 63.9 Å². The molecule has 2 fully saturated rings. The van der Waals surface area contributed by atoms with Crippen LogP contribution >= 0.6 is 0 Å². The third-order valence-corrected chi connectivity index (χ3v) is 3.65. The summed E-state index contributed by atoms with van der Waals surface area (Å²) in [6, 6.07) is 0. The van der Waals surface area contributed by atoms with Crippen LogP contribution in [0.15, 0.2) is 0 Å². The Morgan fingerprint density at radius 1 is 1.42 bits per heavy atom. The van der Waals surface area contributed by atoms with Crippen molar-refractivity contribution in [1.29, 1.82) is 0 Å². The van der Waals surface area contributed by atoms with Gasteiger partial charge in [0.25, 0.3) is 0 Å². The van der Waals surface area contributed by atoms with Gasteiger partial charge in [0.2, 0.25) is 0 Å². The average Bonchev–Trinajstić information content (AvgIpc) is 2.84. The summed E-state index contributed by atoms with van der Waals surface area (Å²) in [5.74, 6) is -0.856. The van der Waals surface area contributed by atoms with E-state index >= 15 is 0 Å². The van der Waals surface area contributed by atoms with Crippen molar-refractivity contribution < 1.29 is 23.7 Å². The molecule has 2 heterocycles. The molecule has 5 nitrogen and oxygen atoms in total. The van der Waals surface area contributed by atoms with E-state index in [0.717, 1.165) is 25.9 Å². The van der Waals surface area contributed by atoms with Crippen LogP contribution in [-0.4, -0.2) is 43.8 Å². The Morgan fingerprint density at radius 3 is 3.05 bits per heavy atom. The highest BCUT2D eigenvalue weighted by Crippen LogP contribution is 2.32. The molecule has 0 N–H and O–H groups in total. The normalized spacial score (nSPS) is 34.0. The standard InChI is InChI=1S/C14H24O5/c1-3-4-8-17-13(15)5-7-14(2)18-10-12-11(19-14)6-9-16-12/h11-12H,3-10H2,1-2H3. The lowest BCUT2D eigenvalue weighted by Crippen LogP contribution is -2.48. The summed E-state index contributed by atoms with van der Waals surface area (Å²) in [7, 11) is 0. The highest BCUT2D eigenvalue weighted by Gasteiger charge is 2.42. The molecule has 0 saturated carbocycles. The van der Waals surface area contributed by atoms with Crippen LogP contribution in [0.25, 0.3) is 0 Å². The van der Waals surface area contributed by atoms with Crippen LogP contribution in [0.2, 0.25) is 0 Å². The number of ether oxygens (including phenoxy) is 4. The van der Waals surface area contributed by atoms with Gasteiger partial charge in [-0.15, -0.1) is 0 Å². The number of unbranched alkanes of at least 4 members (excludes halogenated alkanes) is 1. The van der Waals surface area contributed by atoms with Gasteiger partial charge >= 0.3 is 5.97 Å². The van der Waals surface area contributed by atoms with E-state index in [2.05, 4.69) is 6.92 Å². The smallest absolute Gasteiger partial charge is 0.305 e. The molecule has 2 aliphatic rings. The minimum atomic E-state index is -0.682. The number of fused-ring (bicyclic) bond motifs is 1. The third-order valence-electron chi connectivity index (χ3n) is 3.65. The van der Waals surface area contributed by atoms with Gasteiger partial charge in [-0.1, -0.05) is 13.3 Å². The Morgan fingerprint density at radius 2 is 2.26 bits per heavy atom. The van der Waals surface area contributed by atoms with Crippen LogP contribution in [0, 0.1) is 0 Å². The second kappa shape index (κ2) is 6.68. The molecule has 19 heavy (non-hydrogen) atoms. The van der Waals surface area contributed by atoms with Crippen molar-refractivity contribution >= 4 is 5.97 Å². The summed E-state index contributed by atoms with van der Waals surface area (Å²) < 4.78 is 22.2. The predicted octanol–water partition coefficient (Wildman–Crippen LogP) is 2.03. The fraction of sp³-hybridized carbons (Fsp3) is 0.929. The van der Waals surface area contributed by atoms with Crippen molar-refractivity contribution in [2.75, 3.05) is 19.8 Å². The van der Waals surface area contributed by atoms with Gasteiger partial charge in [0, 0.05) is 13.0 Å². The van der Waals surface area contributed by atoms with E-state index in [0.29, 0.717) is 26.1 Å². The zero-order valence-electron chi connectivity index (χ0n) is 11.9. The van der Waals surface area contributed by atoms with E-state index in [1.807, 2.05) is 6.92 Å². The molecule has 2 aliphatic heterocycles. The van der Waals surface area contributed by atoms with Crippen LogP contribution in [0.3, 0.4) is 0 Å². The maximum Gasteiger partial charge on any atom is 0.305 e. The summed E-state index contributed by atoms with van der Waals surface area (Å²) in [6.45, 7) is 5.74. The fourth-order valence-corrected chi connectivity index (χ4v) is 2.39. The lowest BCUT2D eigenvalue weighted by Gasteiger charge is -2.39. The van der Waals surface area contributed by atoms with Crippen molar-refractivity contribution in [1.82, 2.24) is 0 Å². The van der Waals surface area contributed by atoms with Crippen molar-refractivity contribution in [3.05, 3.63) is 0 Å². The number of rotatable bonds is 6. The minimum absolute atomic E-state index is 0.0598. The van der Waals surface area contributed by atoms with Gasteiger partial charge in [0.1, 0.15) is 6.10 Å². The van der Waals surface area contributed by atoms with Gasteiger partial charge in [-0.3, -0.25) is 4.79 Å². The molecule has 0 spiro atoms. The lowest BCUT2D eigenvalue weighted by molar-refractivity contribution is -0.304. The van der Waals surface area contributed by atoms with Gasteiger partial charge in [0.15, 0.2) is 5.79 Å². The zero-order chi connectivity index (χ0) is 13.7. The van der Waals surface area contributed by atoms with Crippen LogP contribution in [0.4, 0.5) is 0 Å². The molecular weight excluding hydrogens is 248 g/mol. The molecule has 0 aromatic rings. The molecule has 5 heteroatoms. The van der Waals surface area contributed by atoms with Gasteiger partial charge in [-0.2, -0.15) is 0 Å². The Labute approximate surface area is 114 Å². The second-order valence-electron chi connectivity index (χ2n) is 5.37. The quantitative estimate of drug-likeness (QED) is 0.547. The third kappa shape index (κ3) is 4.16. The van der Waals surface area contributed by atoms with E-state index in [4.69, 9.17) is 18.9 Å². The van der Waals surface area contributed by atoms with E-state index in [1.165, 1.54) is 0 Å². The lowest BCUT2D eigenvalue weighted by atomic mass is 10.1. The molecule has 0 amide bonds. The first-order valence-electron chi connectivity index (χ1n) is 7.22. The van der Waals surface area contributed by atoms with Crippen molar-refractivity contribution in [2.24, 2.45) is 0 Å². The van der Waals surface area contributed by atoms with Crippen LogP contribution in [-0.2, 0) is 23.7 Å². The first kappa shape index (κ1) is 14.8. The monoisotopic (exact) mass is 272 g/mol. The Bertz CT molecular complexity index is 306. The first-order chi connectivity index (χ1) is 9.13. The molecular formula is C14H24O5. The Kier molecular flexibility index (Phi) is 5.19. The van der Waals surface area contributed by atoms with Crippen LogP contribution < -0.4 is 0 Å². The summed E-state index contributed by atoms with van der Waals surface area (Å²) in [5, 5.41) is 0. The molecule has 0 aromatic carbocycles. The zero-order valence-corrected chi connectivity index (χ0v) is 11.9. The summed E-state index contributed by atoms with van der Waals surface area (Å²) in [4.78, 5) is 11.6. The molecule has 0 bridgehead atoms. The average molecular weight is 272 g/mol. The maximum absolute atomic E-state index is 11.6. The van der Waals surface area contributed by atoms with Gasteiger partial charge in [-0.25, -0.2) is 0 Å². The van der Waals surface area contributed by atoms with Gasteiger partial charge in [-0.05, 0) is 19.8 Å². The van der Waals surface area contributed by atoms with Crippen LogP contribution in [0.5, 0.6) is 0 Å². The number of carbonyl (C=O) groups is 1. The molecule has 0 aromatic heterocycles. The number of hydrogen-bond acceptors (Lipinski definition) is 5.